The van der Waals surface area contributed by atoms with Crippen molar-refractivity contribution in [2.75, 3.05) is 13.7 Å². The summed E-state index contributed by atoms with van der Waals surface area (Å²) in [6, 6.07) is 16.2. The maximum absolute atomic E-state index is 11.8. The van der Waals surface area contributed by atoms with Gasteiger partial charge in [-0.25, -0.2) is 4.79 Å². The van der Waals surface area contributed by atoms with E-state index in [4.69, 9.17) is 14.2 Å². The molecule has 4 nitrogen and oxygen atoms in total. The Morgan fingerprint density at radius 3 is 2.07 bits per heavy atom. The highest BCUT2D eigenvalue weighted by molar-refractivity contribution is 5.74. The summed E-state index contributed by atoms with van der Waals surface area (Å²) in [5, 5.41) is 0. The standard InChI is InChI=1S/C24H32O4/c1-5-6-7-8-17-27-23-15-13-22(14-16-23)21-11-9-20(10-12-21)18(2)28-24(25)19(3)26-4/h9-16,18-19H,5-8,17H2,1-4H3. The predicted octanol–water partition coefficient (Wildman–Crippen LogP) is 5.95. The molecule has 0 aromatic heterocycles. The van der Waals surface area contributed by atoms with E-state index < -0.39 is 6.10 Å². The minimum atomic E-state index is -0.561. The maximum atomic E-state index is 11.8. The molecule has 28 heavy (non-hydrogen) atoms. The van der Waals surface area contributed by atoms with Crippen LogP contribution in [0.5, 0.6) is 5.75 Å². The molecule has 0 saturated heterocycles. The molecule has 0 aliphatic carbocycles. The summed E-state index contributed by atoms with van der Waals surface area (Å²) in [6.07, 6.45) is 3.95. The van der Waals surface area contributed by atoms with E-state index in [0.29, 0.717) is 0 Å². The molecule has 0 N–H and O–H groups in total. The third-order valence-electron chi connectivity index (χ3n) is 4.81. The number of hydrogen-bond donors (Lipinski definition) is 0. The van der Waals surface area contributed by atoms with Crippen molar-refractivity contribution in [2.45, 2.75) is 58.7 Å². The molecular weight excluding hydrogens is 352 g/mol. The molecule has 2 aromatic rings. The molecule has 2 atom stereocenters. The molecule has 4 heteroatoms. The van der Waals surface area contributed by atoms with Crippen molar-refractivity contribution in [1.82, 2.24) is 0 Å². The fourth-order valence-electron chi connectivity index (χ4n) is 2.84. The van der Waals surface area contributed by atoms with Crippen LogP contribution in [0.1, 0.15) is 58.1 Å². The van der Waals surface area contributed by atoms with E-state index in [1.807, 2.05) is 43.3 Å². The van der Waals surface area contributed by atoms with Crippen LogP contribution >= 0.6 is 0 Å². The van der Waals surface area contributed by atoms with Gasteiger partial charge in [0.2, 0.25) is 0 Å². The van der Waals surface area contributed by atoms with Gasteiger partial charge in [-0.2, -0.15) is 0 Å². The largest absolute Gasteiger partial charge is 0.494 e. The zero-order valence-corrected chi connectivity index (χ0v) is 17.4. The van der Waals surface area contributed by atoms with E-state index in [1.165, 1.54) is 26.4 Å². The second kappa shape index (κ2) is 11.5. The summed E-state index contributed by atoms with van der Waals surface area (Å²) in [5.74, 6) is 0.550. The van der Waals surface area contributed by atoms with E-state index in [-0.39, 0.29) is 12.1 Å². The van der Waals surface area contributed by atoms with Gasteiger partial charge in [-0.05, 0) is 49.1 Å². The highest BCUT2D eigenvalue weighted by atomic mass is 16.6. The summed E-state index contributed by atoms with van der Waals surface area (Å²) in [4.78, 5) is 11.8. The summed E-state index contributed by atoms with van der Waals surface area (Å²) in [5.41, 5.74) is 3.19. The highest BCUT2D eigenvalue weighted by Crippen LogP contribution is 2.25. The first-order chi connectivity index (χ1) is 13.5. The Bertz CT molecular complexity index is 706. The molecule has 0 fully saturated rings. The molecule has 0 radical (unpaired) electrons. The lowest BCUT2D eigenvalue weighted by atomic mass is 10.0. The van der Waals surface area contributed by atoms with Crippen LogP contribution in [-0.4, -0.2) is 25.8 Å². The topological polar surface area (TPSA) is 44.8 Å². The lowest BCUT2D eigenvalue weighted by Gasteiger charge is -2.16. The molecular formula is C24H32O4. The normalized spacial score (nSPS) is 13.0. The van der Waals surface area contributed by atoms with Gasteiger partial charge < -0.3 is 14.2 Å². The number of rotatable bonds is 11. The van der Waals surface area contributed by atoms with Crippen LogP contribution in [-0.2, 0) is 14.3 Å². The zero-order valence-electron chi connectivity index (χ0n) is 17.4. The fourth-order valence-corrected chi connectivity index (χ4v) is 2.84. The van der Waals surface area contributed by atoms with Crippen LogP contribution in [0, 0.1) is 0 Å². The monoisotopic (exact) mass is 384 g/mol. The quantitative estimate of drug-likeness (QED) is 0.355. The van der Waals surface area contributed by atoms with Crippen LogP contribution in [0.3, 0.4) is 0 Å². The van der Waals surface area contributed by atoms with Crippen LogP contribution < -0.4 is 4.74 Å². The van der Waals surface area contributed by atoms with Gasteiger partial charge >= 0.3 is 5.97 Å². The Hall–Kier alpha value is -2.33. The van der Waals surface area contributed by atoms with E-state index in [9.17, 15) is 4.79 Å². The Balaban J connectivity index is 1.91. The number of ether oxygens (including phenoxy) is 3. The van der Waals surface area contributed by atoms with Crippen molar-refractivity contribution in [1.29, 1.82) is 0 Å². The molecule has 0 aliphatic rings. The van der Waals surface area contributed by atoms with Gasteiger partial charge in [0, 0.05) is 7.11 Å². The average Bonchev–Trinajstić information content (AvgIpc) is 2.73. The first kappa shape index (κ1) is 22.0. The number of benzene rings is 2. The molecule has 0 amide bonds. The van der Waals surface area contributed by atoms with Gasteiger partial charge in [0.1, 0.15) is 11.9 Å². The van der Waals surface area contributed by atoms with Gasteiger partial charge in [-0.15, -0.1) is 0 Å². The first-order valence-electron chi connectivity index (χ1n) is 10.1. The molecule has 0 heterocycles. The van der Waals surface area contributed by atoms with Crippen molar-refractivity contribution < 1.29 is 19.0 Å². The van der Waals surface area contributed by atoms with Crippen molar-refractivity contribution in [2.24, 2.45) is 0 Å². The van der Waals surface area contributed by atoms with Gasteiger partial charge in [-0.3, -0.25) is 0 Å². The zero-order chi connectivity index (χ0) is 20.4. The van der Waals surface area contributed by atoms with Gasteiger partial charge in [-0.1, -0.05) is 62.6 Å². The predicted molar refractivity (Wildman–Crippen MR) is 112 cm³/mol. The van der Waals surface area contributed by atoms with E-state index in [0.717, 1.165) is 35.5 Å². The minimum Gasteiger partial charge on any atom is -0.494 e. The molecule has 0 saturated carbocycles. The SMILES string of the molecule is CCCCCCOc1ccc(-c2ccc(C(C)OC(=O)C(C)OC)cc2)cc1. The summed E-state index contributed by atoms with van der Waals surface area (Å²) in [6.45, 7) is 6.52. The number of carbonyl (C=O) groups excluding carboxylic acids is 1. The number of methoxy groups -OCH3 is 1. The number of unbranched alkanes of at least 4 members (excludes halogenated alkanes) is 3. The Labute approximate surface area is 168 Å². The molecule has 0 spiro atoms. The third-order valence-corrected chi connectivity index (χ3v) is 4.81. The Morgan fingerprint density at radius 1 is 0.893 bits per heavy atom. The van der Waals surface area contributed by atoms with Gasteiger partial charge in [0.05, 0.1) is 6.61 Å². The van der Waals surface area contributed by atoms with Crippen molar-refractivity contribution in [3.8, 4) is 16.9 Å². The Kier molecular flexibility index (Phi) is 9.02. The molecule has 152 valence electrons. The van der Waals surface area contributed by atoms with Crippen LogP contribution in [0.15, 0.2) is 48.5 Å². The second-order valence-corrected chi connectivity index (χ2v) is 7.01. The fraction of sp³-hybridized carbons (Fsp3) is 0.458. The molecule has 0 bridgehead atoms. The van der Waals surface area contributed by atoms with Crippen molar-refractivity contribution in [3.63, 3.8) is 0 Å². The summed E-state index contributed by atoms with van der Waals surface area (Å²) >= 11 is 0. The van der Waals surface area contributed by atoms with E-state index in [1.54, 1.807) is 6.92 Å². The third kappa shape index (κ3) is 6.68. The average molecular weight is 385 g/mol. The van der Waals surface area contributed by atoms with E-state index >= 15 is 0 Å². The number of carbonyl (C=O) groups is 1. The number of esters is 1. The first-order valence-corrected chi connectivity index (χ1v) is 10.1. The Morgan fingerprint density at radius 2 is 1.50 bits per heavy atom. The minimum absolute atomic E-state index is 0.317. The van der Waals surface area contributed by atoms with Gasteiger partial charge in [0.25, 0.3) is 0 Å². The lowest BCUT2D eigenvalue weighted by molar-refractivity contribution is -0.159. The van der Waals surface area contributed by atoms with Crippen molar-refractivity contribution in [3.05, 3.63) is 54.1 Å². The smallest absolute Gasteiger partial charge is 0.335 e. The number of hydrogen-bond acceptors (Lipinski definition) is 4. The maximum Gasteiger partial charge on any atom is 0.335 e. The van der Waals surface area contributed by atoms with Gasteiger partial charge in [0.15, 0.2) is 6.10 Å². The summed E-state index contributed by atoms with van der Waals surface area (Å²) in [7, 11) is 1.49. The molecule has 2 rings (SSSR count). The molecule has 2 aromatic carbocycles. The lowest BCUT2D eigenvalue weighted by Crippen LogP contribution is -2.23. The summed E-state index contributed by atoms with van der Waals surface area (Å²) < 4.78 is 16.2. The van der Waals surface area contributed by atoms with Crippen LogP contribution in [0.4, 0.5) is 0 Å². The van der Waals surface area contributed by atoms with Crippen LogP contribution in [0.25, 0.3) is 11.1 Å². The second-order valence-electron chi connectivity index (χ2n) is 7.01. The van der Waals surface area contributed by atoms with Crippen LogP contribution in [0.2, 0.25) is 0 Å². The van der Waals surface area contributed by atoms with E-state index in [2.05, 4.69) is 19.1 Å². The highest BCUT2D eigenvalue weighted by Gasteiger charge is 2.17. The molecule has 0 aliphatic heterocycles. The molecule has 2 unspecified atom stereocenters. The van der Waals surface area contributed by atoms with Crippen molar-refractivity contribution >= 4 is 5.97 Å².